The third-order valence-electron chi connectivity index (χ3n) is 0.433. The van der Waals surface area contributed by atoms with E-state index in [4.69, 9.17) is 0 Å². The van der Waals surface area contributed by atoms with Gasteiger partial charge in [-0.15, -0.1) is 12.6 Å². The van der Waals surface area contributed by atoms with Gasteiger partial charge in [0.15, 0.2) is 0 Å². The van der Waals surface area contributed by atoms with Crippen LogP contribution in [0.5, 0.6) is 0 Å². The summed E-state index contributed by atoms with van der Waals surface area (Å²) >= 11 is 3.92. The summed E-state index contributed by atoms with van der Waals surface area (Å²) in [6, 6.07) is 0. The summed E-state index contributed by atoms with van der Waals surface area (Å²) in [5.41, 5.74) is 0. The van der Waals surface area contributed by atoms with Gasteiger partial charge in [0.25, 0.3) is 0 Å². The molecule has 0 atom stereocenters. The molecule has 0 rings (SSSR count). The van der Waals surface area contributed by atoms with Crippen LogP contribution in [0, 0.1) is 0 Å². The van der Waals surface area contributed by atoms with E-state index < -0.39 is 0 Å². The highest BCUT2D eigenvalue weighted by Crippen LogP contribution is 1.98. The Morgan fingerprint density at radius 1 is 1.71 bits per heavy atom. The first-order valence-electron chi connectivity index (χ1n) is 1.78. The van der Waals surface area contributed by atoms with Gasteiger partial charge in [0.1, 0.15) is 0 Å². The molecule has 0 saturated heterocycles. The highest BCUT2D eigenvalue weighted by Gasteiger charge is 1.71. The van der Waals surface area contributed by atoms with E-state index in [0.717, 1.165) is 4.91 Å². The molecule has 1 nitrogen and oxygen atoms in total. The second-order valence-electron chi connectivity index (χ2n) is 0.941. The zero-order valence-electron chi connectivity index (χ0n) is 3.96. The first kappa shape index (κ1) is 6.50. The van der Waals surface area contributed by atoms with Crippen molar-refractivity contribution in [1.82, 2.24) is 0 Å². The second-order valence-corrected chi connectivity index (χ2v) is 1.46. The van der Waals surface area contributed by atoms with Crippen LogP contribution in [0.2, 0.25) is 0 Å². The van der Waals surface area contributed by atoms with Crippen LogP contribution >= 0.6 is 12.6 Å². The zero-order valence-corrected chi connectivity index (χ0v) is 4.86. The quantitative estimate of drug-likeness (QED) is 0.317. The number of hydrogen-bond donors (Lipinski definition) is 1. The number of hydrogen-bond acceptors (Lipinski definition) is 2. The molecule has 0 fully saturated rings. The Kier molecular flexibility index (Phi) is 3.42. The molecule has 0 aromatic rings. The van der Waals surface area contributed by atoms with Gasteiger partial charge < -0.3 is 0 Å². The second kappa shape index (κ2) is 3.68. The van der Waals surface area contributed by atoms with Crippen LogP contribution in [-0.2, 0) is 0 Å². The van der Waals surface area contributed by atoms with Gasteiger partial charge >= 0.3 is 0 Å². The number of thiol groups is 1. The molecule has 7 heavy (non-hydrogen) atoms. The minimum absolute atomic E-state index is 0.731. The van der Waals surface area contributed by atoms with Crippen LogP contribution in [0.15, 0.2) is 28.8 Å². The molecular weight excluding hydrogens is 106 g/mol. The largest absolute Gasteiger partial charge is 0.271 e. The standard InChI is InChI=1S/C5H7NS/c1-3-5(7)4-6-2/h3-4,7H,1-2H2/b5-4+. The molecule has 0 aliphatic rings. The van der Waals surface area contributed by atoms with Crippen LogP contribution in [0.25, 0.3) is 0 Å². The first-order valence-corrected chi connectivity index (χ1v) is 2.23. The first-order chi connectivity index (χ1) is 3.31. The molecule has 0 aliphatic heterocycles. The van der Waals surface area contributed by atoms with Crippen molar-refractivity contribution in [1.29, 1.82) is 0 Å². The number of aliphatic imine (C=N–C) groups is 1. The summed E-state index contributed by atoms with van der Waals surface area (Å²) in [6.07, 6.45) is 3.12. The Balaban J connectivity index is 3.72. The fourth-order valence-electron chi connectivity index (χ4n) is 0.146. The van der Waals surface area contributed by atoms with Crippen LogP contribution in [0.3, 0.4) is 0 Å². The Morgan fingerprint density at radius 2 is 2.29 bits per heavy atom. The lowest BCUT2D eigenvalue weighted by molar-refractivity contribution is 1.60. The maximum Gasteiger partial charge on any atom is 0.0393 e. The van der Waals surface area contributed by atoms with E-state index >= 15 is 0 Å². The lowest BCUT2D eigenvalue weighted by atomic mass is 10.6. The lowest BCUT2D eigenvalue weighted by Gasteiger charge is -1.78. The predicted molar refractivity (Wildman–Crippen MR) is 36.8 cm³/mol. The molecule has 0 amide bonds. The van der Waals surface area contributed by atoms with Gasteiger partial charge in [0.05, 0.1) is 0 Å². The number of rotatable bonds is 2. The molecule has 0 N–H and O–H groups in total. The van der Waals surface area contributed by atoms with Crippen molar-refractivity contribution < 1.29 is 0 Å². The van der Waals surface area contributed by atoms with E-state index in [2.05, 4.69) is 30.9 Å². The summed E-state index contributed by atoms with van der Waals surface area (Å²) in [5, 5.41) is 0. The highest BCUT2D eigenvalue weighted by molar-refractivity contribution is 7.84. The van der Waals surface area contributed by atoms with E-state index in [-0.39, 0.29) is 0 Å². The summed E-state index contributed by atoms with van der Waals surface area (Å²) < 4.78 is 0. The highest BCUT2D eigenvalue weighted by atomic mass is 32.1. The van der Waals surface area contributed by atoms with Crippen molar-refractivity contribution in [3.8, 4) is 0 Å². The van der Waals surface area contributed by atoms with Crippen LogP contribution in [-0.4, -0.2) is 6.72 Å². The SMILES string of the molecule is C=C/C(S)=C\N=C. The fourth-order valence-corrected chi connectivity index (χ4v) is 0.228. The summed E-state index contributed by atoms with van der Waals surface area (Å²) in [6.45, 7) is 6.67. The molecular formula is C5H7NS. The number of nitrogens with zero attached hydrogens (tertiary/aromatic N) is 1. The smallest absolute Gasteiger partial charge is 0.0393 e. The maximum atomic E-state index is 3.92. The monoisotopic (exact) mass is 113 g/mol. The van der Waals surface area contributed by atoms with Crippen molar-refractivity contribution >= 4 is 19.3 Å². The van der Waals surface area contributed by atoms with Crippen molar-refractivity contribution in [3.63, 3.8) is 0 Å². The van der Waals surface area contributed by atoms with Gasteiger partial charge in [0.2, 0.25) is 0 Å². The Bertz CT molecular complexity index is 105. The molecule has 0 spiro atoms. The molecule has 0 heterocycles. The molecule has 0 unspecified atom stereocenters. The van der Waals surface area contributed by atoms with Crippen molar-refractivity contribution in [2.24, 2.45) is 4.99 Å². The minimum atomic E-state index is 0.731. The van der Waals surface area contributed by atoms with Gasteiger partial charge in [-0.3, -0.25) is 4.99 Å². The summed E-state index contributed by atoms with van der Waals surface area (Å²) in [5.74, 6) is 0. The Morgan fingerprint density at radius 3 is 2.43 bits per heavy atom. The zero-order chi connectivity index (χ0) is 5.70. The predicted octanol–water partition coefficient (Wildman–Crippen LogP) is 1.64. The normalized spacial score (nSPS) is 10.7. The lowest BCUT2D eigenvalue weighted by Crippen LogP contribution is -1.54. The summed E-state index contributed by atoms with van der Waals surface area (Å²) in [4.78, 5) is 4.18. The van der Waals surface area contributed by atoms with Crippen molar-refractivity contribution in [3.05, 3.63) is 23.8 Å². The van der Waals surface area contributed by atoms with Gasteiger partial charge in [-0.2, -0.15) is 0 Å². The topological polar surface area (TPSA) is 12.4 Å². The van der Waals surface area contributed by atoms with Gasteiger partial charge in [0, 0.05) is 11.1 Å². The van der Waals surface area contributed by atoms with E-state index in [9.17, 15) is 0 Å². The molecule has 0 aromatic carbocycles. The molecule has 38 valence electrons. The molecule has 0 aliphatic carbocycles. The van der Waals surface area contributed by atoms with Gasteiger partial charge in [-0.05, 0) is 6.72 Å². The molecule has 2 heteroatoms. The Labute approximate surface area is 48.9 Å². The van der Waals surface area contributed by atoms with E-state index in [1.54, 1.807) is 6.08 Å². The Hall–Kier alpha value is -0.500. The maximum absolute atomic E-state index is 3.92. The molecule has 0 aromatic heterocycles. The van der Waals surface area contributed by atoms with Gasteiger partial charge in [-0.25, -0.2) is 0 Å². The minimum Gasteiger partial charge on any atom is -0.271 e. The van der Waals surface area contributed by atoms with Gasteiger partial charge in [-0.1, -0.05) is 12.7 Å². The molecule has 0 radical (unpaired) electrons. The van der Waals surface area contributed by atoms with E-state index in [1.165, 1.54) is 6.20 Å². The van der Waals surface area contributed by atoms with Crippen LogP contribution in [0.4, 0.5) is 0 Å². The molecule has 0 bridgehead atoms. The third kappa shape index (κ3) is 3.33. The van der Waals surface area contributed by atoms with Crippen molar-refractivity contribution in [2.75, 3.05) is 0 Å². The summed E-state index contributed by atoms with van der Waals surface area (Å²) in [7, 11) is 0. The average molecular weight is 113 g/mol. The van der Waals surface area contributed by atoms with E-state index in [1.807, 2.05) is 0 Å². The van der Waals surface area contributed by atoms with Crippen LogP contribution < -0.4 is 0 Å². The average Bonchev–Trinajstić information content (AvgIpc) is 1.68. The molecule has 0 saturated carbocycles. The number of allylic oxidation sites excluding steroid dienone is 1. The van der Waals surface area contributed by atoms with Crippen LogP contribution in [0.1, 0.15) is 0 Å². The fraction of sp³-hybridized carbons (Fsp3) is 0. The van der Waals surface area contributed by atoms with Crippen molar-refractivity contribution in [2.45, 2.75) is 0 Å². The van der Waals surface area contributed by atoms with E-state index in [0.29, 0.717) is 0 Å². The third-order valence-corrected chi connectivity index (χ3v) is 0.731.